The number of nitrogens with zero attached hydrogens (tertiary/aromatic N) is 3. The Morgan fingerprint density at radius 3 is 2.88 bits per heavy atom. The van der Waals surface area contributed by atoms with Gasteiger partial charge in [-0.3, -0.25) is 9.69 Å². The molecule has 1 aliphatic rings. The quantitative estimate of drug-likeness (QED) is 0.739. The fraction of sp³-hybridized carbons (Fsp3) is 0.538. The van der Waals surface area contributed by atoms with Crippen LogP contribution in [0.15, 0.2) is 29.2 Å². The molecule has 4 heteroatoms. The molecule has 0 aromatic carbocycles. The summed E-state index contributed by atoms with van der Waals surface area (Å²) in [5.74, 6) is 0. The first-order chi connectivity index (χ1) is 8.31. The van der Waals surface area contributed by atoms with Gasteiger partial charge in [-0.05, 0) is 18.9 Å². The SMILES string of the molecule is N#CCCN(CCn1ccccc1=O)C1CC1. The van der Waals surface area contributed by atoms with Gasteiger partial charge in [-0.15, -0.1) is 0 Å². The number of rotatable bonds is 6. The Morgan fingerprint density at radius 1 is 1.41 bits per heavy atom. The summed E-state index contributed by atoms with van der Waals surface area (Å²) in [6.45, 7) is 2.39. The van der Waals surface area contributed by atoms with E-state index in [1.165, 1.54) is 12.8 Å². The molecule has 1 aromatic heterocycles. The molecule has 0 spiro atoms. The Balaban J connectivity index is 1.89. The highest BCUT2D eigenvalue weighted by molar-refractivity contribution is 4.93. The van der Waals surface area contributed by atoms with Crippen molar-refractivity contribution in [1.29, 1.82) is 5.26 Å². The molecule has 1 fully saturated rings. The van der Waals surface area contributed by atoms with Crippen molar-refractivity contribution >= 4 is 0 Å². The predicted octanol–water partition coefficient (Wildman–Crippen LogP) is 1.23. The lowest BCUT2D eigenvalue weighted by Crippen LogP contribution is -2.32. The fourth-order valence-corrected chi connectivity index (χ4v) is 1.99. The Morgan fingerprint density at radius 2 is 2.24 bits per heavy atom. The molecule has 0 saturated heterocycles. The third-order valence-electron chi connectivity index (χ3n) is 3.10. The van der Waals surface area contributed by atoms with Gasteiger partial charge in [0.2, 0.25) is 0 Å². The first kappa shape index (κ1) is 11.9. The van der Waals surface area contributed by atoms with Crippen LogP contribution in [0.1, 0.15) is 19.3 Å². The molecule has 0 radical (unpaired) electrons. The van der Waals surface area contributed by atoms with Gasteiger partial charge in [-0.25, -0.2) is 0 Å². The van der Waals surface area contributed by atoms with Crippen LogP contribution in [0.3, 0.4) is 0 Å². The summed E-state index contributed by atoms with van der Waals surface area (Å²) in [7, 11) is 0. The van der Waals surface area contributed by atoms with E-state index in [0.29, 0.717) is 19.0 Å². The lowest BCUT2D eigenvalue weighted by molar-refractivity contribution is 0.257. The molecule has 1 heterocycles. The molecule has 0 N–H and O–H groups in total. The van der Waals surface area contributed by atoms with Gasteiger partial charge in [0, 0.05) is 44.4 Å². The van der Waals surface area contributed by atoms with E-state index in [2.05, 4.69) is 11.0 Å². The second-order valence-corrected chi connectivity index (χ2v) is 4.41. The van der Waals surface area contributed by atoms with Crippen LogP contribution >= 0.6 is 0 Å². The standard InChI is InChI=1S/C13H17N3O/c14-7-3-9-15(12-5-6-12)10-11-16-8-2-1-4-13(16)17/h1-2,4,8,12H,3,5-6,9-11H2. The smallest absolute Gasteiger partial charge is 0.250 e. The van der Waals surface area contributed by atoms with E-state index in [0.717, 1.165) is 13.1 Å². The van der Waals surface area contributed by atoms with Gasteiger partial charge in [-0.1, -0.05) is 6.07 Å². The van der Waals surface area contributed by atoms with Crippen LogP contribution in [-0.4, -0.2) is 28.6 Å². The van der Waals surface area contributed by atoms with Crippen molar-refractivity contribution in [3.8, 4) is 6.07 Å². The first-order valence-electron chi connectivity index (χ1n) is 6.08. The highest BCUT2D eigenvalue weighted by atomic mass is 16.1. The van der Waals surface area contributed by atoms with Crippen molar-refractivity contribution in [2.24, 2.45) is 0 Å². The number of hydrogen-bond donors (Lipinski definition) is 0. The average molecular weight is 231 g/mol. The van der Waals surface area contributed by atoms with Gasteiger partial charge < -0.3 is 4.57 Å². The zero-order chi connectivity index (χ0) is 12.1. The summed E-state index contributed by atoms with van der Waals surface area (Å²) >= 11 is 0. The van der Waals surface area contributed by atoms with Crippen LogP contribution in [0, 0.1) is 11.3 Å². The van der Waals surface area contributed by atoms with E-state index in [4.69, 9.17) is 5.26 Å². The van der Waals surface area contributed by atoms with E-state index in [9.17, 15) is 4.79 Å². The van der Waals surface area contributed by atoms with Crippen LogP contribution in [-0.2, 0) is 6.54 Å². The van der Waals surface area contributed by atoms with Gasteiger partial charge in [0.1, 0.15) is 0 Å². The summed E-state index contributed by atoms with van der Waals surface area (Å²) in [5, 5.41) is 8.61. The highest BCUT2D eigenvalue weighted by Gasteiger charge is 2.28. The molecule has 2 rings (SSSR count). The maximum absolute atomic E-state index is 11.5. The van der Waals surface area contributed by atoms with Crippen LogP contribution in [0.2, 0.25) is 0 Å². The second kappa shape index (κ2) is 5.65. The molecule has 0 bridgehead atoms. The molecular weight excluding hydrogens is 214 g/mol. The summed E-state index contributed by atoms with van der Waals surface area (Å²) < 4.78 is 1.72. The lowest BCUT2D eigenvalue weighted by Gasteiger charge is -2.20. The van der Waals surface area contributed by atoms with E-state index in [-0.39, 0.29) is 5.56 Å². The largest absolute Gasteiger partial charge is 0.314 e. The Bertz CT molecular complexity index is 456. The van der Waals surface area contributed by atoms with Crippen LogP contribution in [0.25, 0.3) is 0 Å². The Kier molecular flexibility index (Phi) is 3.94. The fourth-order valence-electron chi connectivity index (χ4n) is 1.99. The summed E-state index contributed by atoms with van der Waals surface area (Å²) in [6, 6.07) is 8.03. The maximum atomic E-state index is 11.5. The predicted molar refractivity (Wildman–Crippen MR) is 65.5 cm³/mol. The normalized spacial score (nSPS) is 14.8. The minimum atomic E-state index is 0.0449. The minimum Gasteiger partial charge on any atom is -0.314 e. The van der Waals surface area contributed by atoms with Crippen molar-refractivity contribution in [3.63, 3.8) is 0 Å². The lowest BCUT2D eigenvalue weighted by atomic mass is 10.3. The Labute approximate surface area is 101 Å². The van der Waals surface area contributed by atoms with Crippen molar-refractivity contribution in [1.82, 2.24) is 9.47 Å². The third kappa shape index (κ3) is 3.43. The zero-order valence-electron chi connectivity index (χ0n) is 9.88. The molecule has 0 atom stereocenters. The molecule has 17 heavy (non-hydrogen) atoms. The zero-order valence-corrected chi connectivity index (χ0v) is 9.88. The van der Waals surface area contributed by atoms with Crippen LogP contribution in [0.4, 0.5) is 0 Å². The maximum Gasteiger partial charge on any atom is 0.250 e. The summed E-state index contributed by atoms with van der Waals surface area (Å²) in [6.07, 6.45) is 4.85. The van der Waals surface area contributed by atoms with Gasteiger partial charge in [0.15, 0.2) is 0 Å². The van der Waals surface area contributed by atoms with E-state index in [1.54, 1.807) is 16.7 Å². The molecule has 0 aliphatic heterocycles. The third-order valence-corrected chi connectivity index (χ3v) is 3.10. The van der Waals surface area contributed by atoms with Crippen molar-refractivity contribution in [2.45, 2.75) is 31.8 Å². The van der Waals surface area contributed by atoms with Crippen molar-refractivity contribution in [2.75, 3.05) is 13.1 Å². The van der Waals surface area contributed by atoms with Crippen LogP contribution < -0.4 is 5.56 Å². The topological polar surface area (TPSA) is 49.0 Å². The van der Waals surface area contributed by atoms with Gasteiger partial charge in [0.05, 0.1) is 6.07 Å². The van der Waals surface area contributed by atoms with Gasteiger partial charge in [-0.2, -0.15) is 5.26 Å². The van der Waals surface area contributed by atoms with Gasteiger partial charge >= 0.3 is 0 Å². The molecule has 1 aliphatic carbocycles. The summed E-state index contributed by atoms with van der Waals surface area (Å²) in [5.41, 5.74) is 0.0449. The molecule has 4 nitrogen and oxygen atoms in total. The van der Waals surface area contributed by atoms with Crippen molar-refractivity contribution < 1.29 is 0 Å². The number of hydrogen-bond acceptors (Lipinski definition) is 3. The highest BCUT2D eigenvalue weighted by Crippen LogP contribution is 2.26. The molecule has 90 valence electrons. The van der Waals surface area contributed by atoms with Crippen LogP contribution in [0.5, 0.6) is 0 Å². The minimum absolute atomic E-state index is 0.0449. The molecular formula is C13H17N3O. The van der Waals surface area contributed by atoms with E-state index in [1.807, 2.05) is 12.3 Å². The molecule has 0 amide bonds. The molecule has 1 aromatic rings. The van der Waals surface area contributed by atoms with E-state index < -0.39 is 0 Å². The summed E-state index contributed by atoms with van der Waals surface area (Å²) in [4.78, 5) is 13.8. The molecule has 0 unspecified atom stereocenters. The monoisotopic (exact) mass is 231 g/mol. The number of nitriles is 1. The second-order valence-electron chi connectivity index (χ2n) is 4.41. The first-order valence-corrected chi connectivity index (χ1v) is 6.08. The van der Waals surface area contributed by atoms with E-state index >= 15 is 0 Å². The number of aromatic nitrogens is 1. The van der Waals surface area contributed by atoms with Gasteiger partial charge in [0.25, 0.3) is 5.56 Å². The Hall–Kier alpha value is -1.60. The average Bonchev–Trinajstić information content (AvgIpc) is 3.15. The van der Waals surface area contributed by atoms with Crippen molar-refractivity contribution in [3.05, 3.63) is 34.7 Å². The number of pyridine rings is 1. The molecule has 1 saturated carbocycles.